The van der Waals surface area contributed by atoms with E-state index in [0.717, 1.165) is 5.76 Å². The van der Waals surface area contributed by atoms with Gasteiger partial charge in [-0.3, -0.25) is 5.43 Å². The lowest BCUT2D eigenvalue weighted by Crippen LogP contribution is -2.38. The lowest BCUT2D eigenvalue weighted by atomic mass is 10.1. The number of thiocarbonyl (C=S) groups is 1. The number of methoxy groups -OCH3 is 2. The normalized spacial score (nSPS) is 24.8. The highest BCUT2D eigenvalue weighted by molar-refractivity contribution is 7.80. The Morgan fingerprint density at radius 1 is 1.75 bits per heavy atom. The Balaban J connectivity index is 2.63. The number of nitrogens with two attached hydrogens (primary N) is 1. The van der Waals surface area contributed by atoms with Crippen LogP contribution < -0.4 is 11.2 Å². The van der Waals surface area contributed by atoms with Crippen molar-refractivity contribution in [2.75, 3.05) is 14.2 Å². The third kappa shape index (κ3) is 3.35. The van der Waals surface area contributed by atoms with Crippen molar-refractivity contribution in [3.63, 3.8) is 0 Å². The summed E-state index contributed by atoms with van der Waals surface area (Å²) >= 11 is 4.61. The molecular weight excluding hydrogens is 230 g/mol. The average Bonchev–Trinajstić information content (AvgIpc) is 2.29. The molecule has 1 atom stereocenters. The van der Waals surface area contributed by atoms with Crippen LogP contribution in [0, 0.1) is 0 Å². The highest BCUT2D eigenvalue weighted by Crippen LogP contribution is 2.26. The van der Waals surface area contributed by atoms with E-state index < -0.39 is 5.79 Å². The van der Waals surface area contributed by atoms with Gasteiger partial charge in [-0.15, -0.1) is 0 Å². The van der Waals surface area contributed by atoms with Gasteiger partial charge in [-0.05, 0) is 12.2 Å². The highest BCUT2D eigenvalue weighted by Gasteiger charge is 2.33. The molecule has 6 nitrogen and oxygen atoms in total. The van der Waals surface area contributed by atoms with Crippen LogP contribution in [0.25, 0.3) is 0 Å². The van der Waals surface area contributed by atoms with Gasteiger partial charge in [0.2, 0.25) is 5.79 Å². The predicted molar refractivity (Wildman–Crippen MR) is 63.6 cm³/mol. The topological polar surface area (TPSA) is 78.1 Å². The van der Waals surface area contributed by atoms with Crippen LogP contribution in [0.3, 0.4) is 0 Å². The summed E-state index contributed by atoms with van der Waals surface area (Å²) in [6.45, 7) is 0. The van der Waals surface area contributed by atoms with Crippen LogP contribution in [-0.4, -0.2) is 31.3 Å². The van der Waals surface area contributed by atoms with Crippen LogP contribution in [0.5, 0.6) is 0 Å². The minimum absolute atomic E-state index is 0.0893. The van der Waals surface area contributed by atoms with Crippen molar-refractivity contribution in [1.82, 2.24) is 5.43 Å². The van der Waals surface area contributed by atoms with Crippen molar-refractivity contribution in [3.8, 4) is 0 Å². The number of nitrogens with zero attached hydrogens (tertiary/aromatic N) is 1. The fourth-order valence-electron chi connectivity index (χ4n) is 1.22. The van der Waals surface area contributed by atoms with Crippen LogP contribution in [0.15, 0.2) is 17.1 Å². The van der Waals surface area contributed by atoms with E-state index in [1.807, 2.05) is 0 Å². The second-order valence-corrected chi connectivity index (χ2v) is 3.60. The number of nitrogens with one attached hydrogen (secondary N) is 1. The molecule has 0 aromatic rings. The fraction of sp³-hybridized carbons (Fsp3) is 0.556. The standard InChI is InChI=1S/C9H15N3O3S/c1-13-7-3-4-9(14-2,15-5-7)6-11-12-8(10)16/h5-6H,3-4H2,1-2H3,(H3,10,12,16). The highest BCUT2D eigenvalue weighted by atomic mass is 32.1. The van der Waals surface area contributed by atoms with Gasteiger partial charge in [-0.1, -0.05) is 0 Å². The first-order valence-electron chi connectivity index (χ1n) is 4.67. The van der Waals surface area contributed by atoms with Crippen LogP contribution in [0.2, 0.25) is 0 Å². The molecule has 0 fully saturated rings. The fourth-order valence-corrected chi connectivity index (χ4v) is 1.28. The molecule has 0 aliphatic carbocycles. The number of hydrazone groups is 1. The first-order valence-corrected chi connectivity index (χ1v) is 5.08. The van der Waals surface area contributed by atoms with Crippen LogP contribution in [-0.2, 0) is 14.2 Å². The predicted octanol–water partition coefficient (Wildman–Crippen LogP) is 0.446. The number of hydrogen-bond acceptors (Lipinski definition) is 5. The van der Waals surface area contributed by atoms with E-state index in [4.69, 9.17) is 19.9 Å². The van der Waals surface area contributed by atoms with E-state index in [2.05, 4.69) is 22.7 Å². The molecule has 1 rings (SSSR count). The number of allylic oxidation sites excluding steroid dienone is 1. The molecule has 1 aliphatic rings. The molecule has 0 bridgehead atoms. The molecule has 0 spiro atoms. The summed E-state index contributed by atoms with van der Waals surface area (Å²) in [6, 6.07) is 0. The monoisotopic (exact) mass is 245 g/mol. The maximum absolute atomic E-state index is 5.42. The van der Waals surface area contributed by atoms with Crippen molar-refractivity contribution >= 4 is 23.5 Å². The van der Waals surface area contributed by atoms with Gasteiger partial charge in [0.1, 0.15) is 12.0 Å². The Morgan fingerprint density at radius 2 is 2.50 bits per heavy atom. The maximum Gasteiger partial charge on any atom is 0.248 e. The van der Waals surface area contributed by atoms with Gasteiger partial charge in [0.15, 0.2) is 5.11 Å². The summed E-state index contributed by atoms with van der Waals surface area (Å²) in [4.78, 5) is 0. The van der Waals surface area contributed by atoms with Crippen LogP contribution in [0.4, 0.5) is 0 Å². The van der Waals surface area contributed by atoms with Crippen molar-refractivity contribution in [2.24, 2.45) is 10.8 Å². The molecule has 0 radical (unpaired) electrons. The second kappa shape index (κ2) is 5.66. The Bertz CT molecular complexity index is 319. The molecule has 1 heterocycles. The Labute approximate surface area is 99.4 Å². The largest absolute Gasteiger partial charge is 0.498 e. The Kier molecular flexibility index (Phi) is 4.51. The van der Waals surface area contributed by atoms with Gasteiger partial charge >= 0.3 is 0 Å². The third-order valence-corrected chi connectivity index (χ3v) is 2.24. The molecule has 1 aliphatic heterocycles. The van der Waals surface area contributed by atoms with E-state index >= 15 is 0 Å². The quantitative estimate of drug-likeness (QED) is 0.425. The molecule has 0 aromatic heterocycles. The lowest BCUT2D eigenvalue weighted by Gasteiger charge is -2.31. The lowest BCUT2D eigenvalue weighted by molar-refractivity contribution is -0.147. The molecule has 1 unspecified atom stereocenters. The van der Waals surface area contributed by atoms with Crippen molar-refractivity contribution in [3.05, 3.63) is 12.0 Å². The zero-order valence-electron chi connectivity index (χ0n) is 9.23. The maximum atomic E-state index is 5.42. The van der Waals surface area contributed by atoms with Gasteiger partial charge < -0.3 is 19.9 Å². The van der Waals surface area contributed by atoms with Gasteiger partial charge in [0, 0.05) is 20.0 Å². The van der Waals surface area contributed by atoms with Gasteiger partial charge in [-0.25, -0.2) is 0 Å². The van der Waals surface area contributed by atoms with Crippen molar-refractivity contribution in [1.29, 1.82) is 0 Å². The average molecular weight is 245 g/mol. The van der Waals surface area contributed by atoms with Crippen LogP contribution in [0.1, 0.15) is 12.8 Å². The van der Waals surface area contributed by atoms with E-state index in [-0.39, 0.29) is 5.11 Å². The summed E-state index contributed by atoms with van der Waals surface area (Å²) in [7, 11) is 3.13. The minimum atomic E-state index is -0.889. The molecule has 7 heteroatoms. The summed E-state index contributed by atoms with van der Waals surface area (Å²) in [6.07, 6.45) is 4.31. The van der Waals surface area contributed by atoms with E-state index in [9.17, 15) is 0 Å². The van der Waals surface area contributed by atoms with Crippen molar-refractivity contribution in [2.45, 2.75) is 18.6 Å². The van der Waals surface area contributed by atoms with Crippen LogP contribution >= 0.6 is 12.2 Å². The first kappa shape index (κ1) is 12.7. The number of hydrogen-bond donors (Lipinski definition) is 2. The molecule has 16 heavy (non-hydrogen) atoms. The summed E-state index contributed by atoms with van der Waals surface area (Å²) < 4.78 is 15.7. The molecule has 0 amide bonds. The SMILES string of the molecule is COC1=COC(C=NNC(N)=S)(OC)CC1. The number of ether oxygens (including phenoxy) is 3. The molecule has 0 aromatic carbocycles. The van der Waals surface area contributed by atoms with E-state index in [1.165, 1.54) is 12.5 Å². The molecule has 90 valence electrons. The Hall–Kier alpha value is -1.34. The molecule has 3 N–H and O–H groups in total. The Morgan fingerprint density at radius 3 is 2.94 bits per heavy atom. The van der Waals surface area contributed by atoms with Gasteiger partial charge in [0.25, 0.3) is 0 Å². The second-order valence-electron chi connectivity index (χ2n) is 3.16. The van der Waals surface area contributed by atoms with Crippen molar-refractivity contribution < 1.29 is 14.2 Å². The zero-order valence-corrected chi connectivity index (χ0v) is 10.0. The van der Waals surface area contributed by atoms with E-state index in [0.29, 0.717) is 12.8 Å². The smallest absolute Gasteiger partial charge is 0.248 e. The summed E-state index contributed by atoms with van der Waals surface area (Å²) in [5, 5.41) is 3.92. The zero-order chi connectivity index (χ0) is 12.0. The molecule has 0 saturated heterocycles. The van der Waals surface area contributed by atoms with Gasteiger partial charge in [-0.2, -0.15) is 5.10 Å². The summed E-state index contributed by atoms with van der Waals surface area (Å²) in [5.41, 5.74) is 7.67. The summed E-state index contributed by atoms with van der Waals surface area (Å²) in [5.74, 6) is -0.122. The van der Waals surface area contributed by atoms with E-state index in [1.54, 1.807) is 14.2 Å². The van der Waals surface area contributed by atoms with Gasteiger partial charge in [0.05, 0.1) is 13.3 Å². The molecular formula is C9H15N3O3S. The third-order valence-electron chi connectivity index (χ3n) is 2.15. The minimum Gasteiger partial charge on any atom is -0.498 e. The molecule has 0 saturated carbocycles. The first-order chi connectivity index (χ1) is 7.62. The number of rotatable bonds is 4.